The molecule has 0 saturated carbocycles. The van der Waals surface area contributed by atoms with Crippen molar-refractivity contribution in [2.24, 2.45) is 0 Å². The van der Waals surface area contributed by atoms with Crippen LogP contribution < -0.4 is 10.2 Å². The molecule has 1 saturated heterocycles. The Labute approximate surface area is 169 Å². The molecule has 1 aromatic heterocycles. The predicted molar refractivity (Wildman–Crippen MR) is 108 cm³/mol. The van der Waals surface area contributed by atoms with Crippen molar-refractivity contribution in [3.63, 3.8) is 0 Å². The fourth-order valence-electron chi connectivity index (χ4n) is 3.57. The molecule has 1 aromatic carbocycles. The fourth-order valence-corrected chi connectivity index (χ4v) is 3.72. The molecule has 8 heteroatoms. The van der Waals surface area contributed by atoms with E-state index in [1.165, 1.54) is 6.07 Å². The Kier molecular flexibility index (Phi) is 6.67. The number of rotatable bonds is 5. The average molecular weight is 406 g/mol. The standard InChI is InChI=1S/C20H25ClFN5O/c1-3-27(16-6-5-9-26(13-16)19-7-4-8-24-25-19)20(28)23-12-15-10-14(2)17(21)11-18(15)22/h4,7-8,10-11,16H,3,5-6,9,12-13H2,1-2H3,(H,23,28)/t16-/m1/s1. The van der Waals surface area contributed by atoms with E-state index in [0.29, 0.717) is 23.7 Å². The summed E-state index contributed by atoms with van der Waals surface area (Å²) >= 11 is 5.94. The molecule has 3 rings (SSSR count). The maximum Gasteiger partial charge on any atom is 0.317 e. The Morgan fingerprint density at radius 3 is 3.00 bits per heavy atom. The van der Waals surface area contributed by atoms with Crippen molar-refractivity contribution in [1.29, 1.82) is 0 Å². The molecule has 0 spiro atoms. The fraction of sp³-hybridized carbons (Fsp3) is 0.450. The maximum atomic E-state index is 14.1. The van der Waals surface area contributed by atoms with Crippen molar-refractivity contribution in [3.8, 4) is 0 Å². The van der Waals surface area contributed by atoms with Crippen LogP contribution >= 0.6 is 11.6 Å². The number of carbonyl (C=O) groups excluding carboxylic acids is 1. The molecule has 0 bridgehead atoms. The molecule has 1 aliphatic heterocycles. The average Bonchev–Trinajstić information content (AvgIpc) is 2.71. The molecule has 28 heavy (non-hydrogen) atoms. The molecule has 0 aliphatic carbocycles. The molecular formula is C20H25ClFN5O. The number of likely N-dealkylation sites (N-methyl/N-ethyl adjacent to an activating group) is 1. The summed E-state index contributed by atoms with van der Waals surface area (Å²) in [6.45, 7) is 6.06. The molecule has 2 heterocycles. The van der Waals surface area contributed by atoms with Crippen LogP contribution in [0.25, 0.3) is 0 Å². The first kappa shape index (κ1) is 20.3. The normalized spacial score (nSPS) is 16.7. The van der Waals surface area contributed by atoms with Gasteiger partial charge < -0.3 is 15.1 Å². The number of aryl methyl sites for hydroxylation is 1. The van der Waals surface area contributed by atoms with Crippen molar-refractivity contribution in [1.82, 2.24) is 20.4 Å². The van der Waals surface area contributed by atoms with Crippen molar-refractivity contribution >= 4 is 23.4 Å². The quantitative estimate of drug-likeness (QED) is 0.822. The minimum Gasteiger partial charge on any atom is -0.353 e. The van der Waals surface area contributed by atoms with E-state index < -0.39 is 5.82 Å². The van der Waals surface area contributed by atoms with Crippen molar-refractivity contribution in [3.05, 3.63) is 52.4 Å². The van der Waals surface area contributed by atoms with Crippen LogP contribution in [0, 0.1) is 12.7 Å². The minimum atomic E-state index is -0.412. The summed E-state index contributed by atoms with van der Waals surface area (Å²) in [5.41, 5.74) is 1.21. The van der Waals surface area contributed by atoms with E-state index in [1.807, 2.05) is 30.9 Å². The van der Waals surface area contributed by atoms with Crippen LogP contribution in [0.15, 0.2) is 30.5 Å². The zero-order valence-corrected chi connectivity index (χ0v) is 16.9. The van der Waals surface area contributed by atoms with Crippen LogP contribution in [0.1, 0.15) is 30.9 Å². The first-order chi connectivity index (χ1) is 13.5. The number of amides is 2. The van der Waals surface area contributed by atoms with Gasteiger partial charge in [-0.3, -0.25) is 0 Å². The monoisotopic (exact) mass is 405 g/mol. The van der Waals surface area contributed by atoms with Gasteiger partial charge in [-0.15, -0.1) is 5.10 Å². The number of hydrogen-bond acceptors (Lipinski definition) is 4. The van der Waals surface area contributed by atoms with E-state index in [4.69, 9.17) is 11.6 Å². The largest absolute Gasteiger partial charge is 0.353 e. The van der Waals surface area contributed by atoms with E-state index in [1.54, 1.807) is 12.3 Å². The highest BCUT2D eigenvalue weighted by Crippen LogP contribution is 2.22. The number of urea groups is 1. The van der Waals surface area contributed by atoms with Gasteiger partial charge >= 0.3 is 6.03 Å². The summed E-state index contributed by atoms with van der Waals surface area (Å²) in [5, 5.41) is 11.3. The topological polar surface area (TPSA) is 61.4 Å². The highest BCUT2D eigenvalue weighted by molar-refractivity contribution is 6.31. The van der Waals surface area contributed by atoms with E-state index in [2.05, 4.69) is 20.4 Å². The van der Waals surface area contributed by atoms with Crippen molar-refractivity contribution in [2.45, 2.75) is 39.3 Å². The summed E-state index contributed by atoms with van der Waals surface area (Å²) in [4.78, 5) is 16.7. The summed E-state index contributed by atoms with van der Waals surface area (Å²) < 4.78 is 14.1. The van der Waals surface area contributed by atoms with E-state index >= 15 is 0 Å². The Balaban J connectivity index is 1.64. The zero-order valence-electron chi connectivity index (χ0n) is 16.2. The van der Waals surface area contributed by atoms with Gasteiger partial charge in [-0.2, -0.15) is 5.10 Å². The third kappa shape index (κ3) is 4.70. The van der Waals surface area contributed by atoms with Crippen LogP contribution in [0.5, 0.6) is 0 Å². The van der Waals surface area contributed by atoms with Crippen LogP contribution in [0.3, 0.4) is 0 Å². The number of anilines is 1. The lowest BCUT2D eigenvalue weighted by Gasteiger charge is -2.39. The van der Waals surface area contributed by atoms with Gasteiger partial charge in [0.1, 0.15) is 5.82 Å². The van der Waals surface area contributed by atoms with E-state index in [0.717, 1.165) is 30.8 Å². The highest BCUT2D eigenvalue weighted by Gasteiger charge is 2.28. The summed E-state index contributed by atoms with van der Waals surface area (Å²) in [6, 6.07) is 6.62. The third-order valence-electron chi connectivity index (χ3n) is 5.08. The van der Waals surface area contributed by atoms with E-state index in [9.17, 15) is 9.18 Å². The van der Waals surface area contributed by atoms with E-state index in [-0.39, 0.29) is 18.6 Å². The first-order valence-corrected chi connectivity index (χ1v) is 9.89. The molecule has 2 amide bonds. The zero-order chi connectivity index (χ0) is 20.1. The Morgan fingerprint density at radius 2 is 2.29 bits per heavy atom. The van der Waals surface area contributed by atoms with Crippen LogP contribution in [0.2, 0.25) is 5.02 Å². The van der Waals surface area contributed by atoms with Crippen LogP contribution in [-0.4, -0.2) is 46.8 Å². The molecule has 1 aliphatic rings. The van der Waals surface area contributed by atoms with Gasteiger partial charge in [0, 0.05) is 43.0 Å². The van der Waals surface area contributed by atoms with Crippen LogP contribution in [-0.2, 0) is 6.54 Å². The number of benzene rings is 1. The van der Waals surface area contributed by atoms with Gasteiger partial charge in [0.25, 0.3) is 0 Å². The van der Waals surface area contributed by atoms with Gasteiger partial charge in [-0.1, -0.05) is 11.6 Å². The molecule has 0 radical (unpaired) electrons. The lowest BCUT2D eigenvalue weighted by atomic mass is 10.0. The number of nitrogens with one attached hydrogen (secondary N) is 1. The van der Waals surface area contributed by atoms with Crippen LogP contribution in [0.4, 0.5) is 15.0 Å². The van der Waals surface area contributed by atoms with Gasteiger partial charge in [-0.25, -0.2) is 9.18 Å². The molecular weight excluding hydrogens is 381 g/mol. The SMILES string of the molecule is CCN(C(=O)NCc1cc(C)c(Cl)cc1F)[C@@H]1CCCN(c2cccnn2)C1. The minimum absolute atomic E-state index is 0.0672. The molecule has 1 atom stereocenters. The highest BCUT2D eigenvalue weighted by atomic mass is 35.5. The molecule has 1 N–H and O–H groups in total. The number of hydrogen-bond donors (Lipinski definition) is 1. The molecule has 1 fully saturated rings. The van der Waals surface area contributed by atoms with Gasteiger partial charge in [-0.05, 0) is 56.5 Å². The molecule has 2 aromatic rings. The summed E-state index contributed by atoms with van der Waals surface area (Å²) in [7, 11) is 0. The number of aromatic nitrogens is 2. The number of carbonyl (C=O) groups is 1. The molecule has 0 unspecified atom stereocenters. The second-order valence-electron chi connectivity index (χ2n) is 6.96. The first-order valence-electron chi connectivity index (χ1n) is 9.51. The van der Waals surface area contributed by atoms with Crippen molar-refractivity contribution in [2.75, 3.05) is 24.5 Å². The van der Waals surface area contributed by atoms with Gasteiger partial charge in [0.15, 0.2) is 5.82 Å². The Hall–Kier alpha value is -2.41. The molecule has 150 valence electrons. The van der Waals surface area contributed by atoms with Gasteiger partial charge in [0.2, 0.25) is 0 Å². The molecule has 6 nitrogen and oxygen atoms in total. The number of halogens is 2. The summed E-state index contributed by atoms with van der Waals surface area (Å²) in [5.74, 6) is 0.410. The lowest BCUT2D eigenvalue weighted by Crippen LogP contribution is -2.53. The maximum absolute atomic E-state index is 14.1. The number of nitrogens with zero attached hydrogens (tertiary/aromatic N) is 4. The summed E-state index contributed by atoms with van der Waals surface area (Å²) in [6.07, 6.45) is 3.54. The smallest absolute Gasteiger partial charge is 0.317 e. The predicted octanol–water partition coefficient (Wildman–Crippen LogP) is 3.78. The Bertz CT molecular complexity index is 820. The third-order valence-corrected chi connectivity index (χ3v) is 5.49. The second-order valence-corrected chi connectivity index (χ2v) is 7.37. The second kappa shape index (κ2) is 9.19. The Morgan fingerprint density at radius 1 is 1.46 bits per heavy atom. The van der Waals surface area contributed by atoms with Gasteiger partial charge in [0.05, 0.1) is 6.04 Å². The number of piperidine rings is 1. The lowest BCUT2D eigenvalue weighted by molar-refractivity contribution is 0.169. The van der Waals surface area contributed by atoms with Crippen molar-refractivity contribution < 1.29 is 9.18 Å².